The molecule has 1 aromatic rings. The van der Waals surface area contributed by atoms with Gasteiger partial charge in [0.25, 0.3) is 0 Å². The Morgan fingerprint density at radius 1 is 0.867 bits per heavy atom. The molecular weight excluding hydrogens is 384 g/mol. The van der Waals surface area contributed by atoms with E-state index in [9.17, 15) is 14.4 Å². The summed E-state index contributed by atoms with van der Waals surface area (Å²) < 4.78 is 3.05. The molecule has 30 heavy (non-hydrogen) atoms. The lowest BCUT2D eigenvalue weighted by molar-refractivity contribution is -0.133. The average Bonchev–Trinajstić information content (AvgIpc) is 2.91. The van der Waals surface area contributed by atoms with Gasteiger partial charge >= 0.3 is 11.7 Å². The van der Waals surface area contributed by atoms with Crippen LogP contribution in [0.4, 0.5) is 4.79 Å². The number of likely N-dealkylation sites (tertiary alicyclic amines) is 1. The predicted molar refractivity (Wildman–Crippen MR) is 112 cm³/mol. The number of carbonyl (C=O) groups is 2. The molecular formula is C21H34N6O3. The topological polar surface area (TPSA) is 101 Å². The Hall–Kier alpha value is -2.32. The summed E-state index contributed by atoms with van der Waals surface area (Å²) in [6.07, 6.45) is 11.2. The first-order valence-corrected chi connectivity index (χ1v) is 11.6. The molecule has 0 atom stereocenters. The molecule has 2 aliphatic heterocycles. The van der Waals surface area contributed by atoms with E-state index in [4.69, 9.17) is 0 Å². The second-order valence-corrected chi connectivity index (χ2v) is 8.93. The van der Waals surface area contributed by atoms with E-state index < -0.39 is 0 Å². The molecule has 9 heteroatoms. The number of amides is 3. The van der Waals surface area contributed by atoms with Gasteiger partial charge in [0.05, 0.1) is 0 Å². The van der Waals surface area contributed by atoms with Gasteiger partial charge in [0.2, 0.25) is 5.91 Å². The molecule has 2 N–H and O–H groups in total. The molecule has 1 saturated carbocycles. The van der Waals surface area contributed by atoms with Crippen molar-refractivity contribution in [3.8, 4) is 0 Å². The summed E-state index contributed by atoms with van der Waals surface area (Å²) in [6.45, 7) is 1.88. The van der Waals surface area contributed by atoms with Crippen molar-refractivity contribution in [2.24, 2.45) is 0 Å². The average molecular weight is 419 g/mol. The van der Waals surface area contributed by atoms with Crippen molar-refractivity contribution in [1.82, 2.24) is 29.9 Å². The number of aromatic nitrogens is 3. The second kappa shape index (κ2) is 9.66. The summed E-state index contributed by atoms with van der Waals surface area (Å²) in [4.78, 5) is 39.3. The standard InChI is InChI=1S/C21H34N6O3/c28-19(15-27-21(30)26-12-6-2-5-9-18(26)24-27)25-13-10-17(11-14-25)23-20(29)22-16-7-3-1-4-8-16/h16-17H,1-15H2,(H2,22,23,29). The summed E-state index contributed by atoms with van der Waals surface area (Å²) in [5.74, 6) is 0.729. The van der Waals surface area contributed by atoms with Crippen LogP contribution in [0, 0.1) is 0 Å². The molecule has 3 heterocycles. The Labute approximate surface area is 177 Å². The molecule has 1 aromatic heterocycles. The lowest BCUT2D eigenvalue weighted by Crippen LogP contribution is -2.51. The fourth-order valence-electron chi connectivity index (χ4n) is 4.89. The van der Waals surface area contributed by atoms with Crippen molar-refractivity contribution in [1.29, 1.82) is 0 Å². The molecule has 0 spiro atoms. The summed E-state index contributed by atoms with van der Waals surface area (Å²) >= 11 is 0. The highest BCUT2D eigenvalue weighted by atomic mass is 16.2. The molecule has 166 valence electrons. The van der Waals surface area contributed by atoms with Crippen LogP contribution in [0.5, 0.6) is 0 Å². The molecule has 1 saturated heterocycles. The number of aryl methyl sites for hydroxylation is 1. The molecule has 0 bridgehead atoms. The Kier molecular flexibility index (Phi) is 6.74. The largest absolute Gasteiger partial charge is 0.346 e. The van der Waals surface area contributed by atoms with Crippen molar-refractivity contribution in [2.75, 3.05) is 13.1 Å². The Bertz CT molecular complexity index is 802. The maximum atomic E-state index is 12.7. The van der Waals surface area contributed by atoms with Crippen molar-refractivity contribution in [3.63, 3.8) is 0 Å². The minimum Gasteiger partial charge on any atom is -0.341 e. The lowest BCUT2D eigenvalue weighted by atomic mass is 9.96. The highest BCUT2D eigenvalue weighted by Crippen LogP contribution is 2.17. The van der Waals surface area contributed by atoms with E-state index in [1.165, 1.54) is 23.9 Å². The molecule has 4 rings (SSSR count). The SMILES string of the molecule is O=C(NC1CCCCC1)NC1CCN(C(=O)Cn2nc3n(c2=O)CCCCC3)CC1. The van der Waals surface area contributed by atoms with Crippen LogP contribution in [0.3, 0.4) is 0 Å². The lowest BCUT2D eigenvalue weighted by Gasteiger charge is -2.33. The second-order valence-electron chi connectivity index (χ2n) is 8.93. The molecule has 0 radical (unpaired) electrons. The maximum Gasteiger partial charge on any atom is 0.346 e. The Balaban J connectivity index is 1.23. The molecule has 1 aliphatic carbocycles. The molecule has 9 nitrogen and oxygen atoms in total. The van der Waals surface area contributed by atoms with E-state index in [-0.39, 0.29) is 30.2 Å². The first-order chi connectivity index (χ1) is 14.6. The smallest absolute Gasteiger partial charge is 0.341 e. The van der Waals surface area contributed by atoms with Crippen LogP contribution in [0.2, 0.25) is 0 Å². The van der Waals surface area contributed by atoms with Crippen LogP contribution in [-0.2, 0) is 24.3 Å². The Morgan fingerprint density at radius 3 is 2.27 bits per heavy atom. The number of urea groups is 1. The zero-order valence-corrected chi connectivity index (χ0v) is 17.8. The fraction of sp³-hybridized carbons (Fsp3) is 0.810. The number of rotatable bonds is 4. The fourth-order valence-corrected chi connectivity index (χ4v) is 4.89. The van der Waals surface area contributed by atoms with Gasteiger partial charge in [-0.1, -0.05) is 25.7 Å². The third kappa shape index (κ3) is 5.05. The molecule has 0 aromatic carbocycles. The van der Waals surface area contributed by atoms with Crippen LogP contribution < -0.4 is 16.3 Å². The van der Waals surface area contributed by atoms with Gasteiger partial charge in [-0.2, -0.15) is 5.10 Å². The van der Waals surface area contributed by atoms with Gasteiger partial charge in [-0.15, -0.1) is 0 Å². The minimum atomic E-state index is -0.170. The van der Waals surface area contributed by atoms with Crippen LogP contribution in [-0.4, -0.2) is 56.4 Å². The Morgan fingerprint density at radius 2 is 1.53 bits per heavy atom. The van der Waals surface area contributed by atoms with E-state index in [1.807, 2.05) is 0 Å². The van der Waals surface area contributed by atoms with Gasteiger partial charge in [-0.25, -0.2) is 14.3 Å². The zero-order valence-electron chi connectivity index (χ0n) is 17.8. The van der Waals surface area contributed by atoms with Crippen molar-refractivity contribution >= 4 is 11.9 Å². The number of nitrogens with zero attached hydrogens (tertiary/aromatic N) is 4. The van der Waals surface area contributed by atoms with E-state index >= 15 is 0 Å². The van der Waals surface area contributed by atoms with Crippen LogP contribution in [0.25, 0.3) is 0 Å². The van der Waals surface area contributed by atoms with E-state index in [0.29, 0.717) is 25.7 Å². The van der Waals surface area contributed by atoms with Crippen LogP contribution in [0.15, 0.2) is 4.79 Å². The van der Waals surface area contributed by atoms with Gasteiger partial charge < -0.3 is 15.5 Å². The number of hydrogen-bond donors (Lipinski definition) is 2. The molecule has 3 aliphatic rings. The van der Waals surface area contributed by atoms with Gasteiger partial charge in [-0.05, 0) is 38.5 Å². The first kappa shape index (κ1) is 20.9. The van der Waals surface area contributed by atoms with Gasteiger partial charge in [0.1, 0.15) is 12.4 Å². The predicted octanol–water partition coefficient (Wildman–Crippen LogP) is 1.39. The monoisotopic (exact) mass is 418 g/mol. The normalized spacial score (nSPS) is 21.0. The highest BCUT2D eigenvalue weighted by molar-refractivity contribution is 5.76. The van der Waals surface area contributed by atoms with Crippen LogP contribution in [0.1, 0.15) is 70.0 Å². The summed E-state index contributed by atoms with van der Waals surface area (Å²) in [5, 5.41) is 10.6. The van der Waals surface area contributed by atoms with Gasteiger partial charge in [0, 0.05) is 38.1 Å². The summed E-state index contributed by atoms with van der Waals surface area (Å²) in [7, 11) is 0. The van der Waals surface area contributed by atoms with Crippen LogP contribution >= 0.6 is 0 Å². The third-order valence-corrected chi connectivity index (χ3v) is 6.69. The van der Waals surface area contributed by atoms with Crippen molar-refractivity contribution < 1.29 is 9.59 Å². The first-order valence-electron chi connectivity index (χ1n) is 11.6. The number of fused-ring (bicyclic) bond motifs is 1. The zero-order chi connectivity index (χ0) is 20.9. The van der Waals surface area contributed by atoms with E-state index in [1.54, 1.807) is 9.47 Å². The van der Waals surface area contributed by atoms with E-state index in [2.05, 4.69) is 15.7 Å². The number of carbonyl (C=O) groups excluding carboxylic acids is 2. The van der Waals surface area contributed by atoms with E-state index in [0.717, 1.165) is 57.2 Å². The summed E-state index contributed by atoms with van der Waals surface area (Å²) in [5.41, 5.74) is -0.170. The summed E-state index contributed by atoms with van der Waals surface area (Å²) in [6, 6.07) is 0.297. The van der Waals surface area contributed by atoms with Crippen molar-refractivity contribution in [2.45, 2.75) is 95.8 Å². The molecule has 3 amide bonds. The third-order valence-electron chi connectivity index (χ3n) is 6.69. The quantitative estimate of drug-likeness (QED) is 0.772. The number of hydrogen-bond acceptors (Lipinski definition) is 4. The molecule has 0 unspecified atom stereocenters. The minimum absolute atomic E-state index is 0.000898. The van der Waals surface area contributed by atoms with Gasteiger partial charge in [0.15, 0.2) is 0 Å². The number of nitrogens with one attached hydrogen (secondary N) is 2. The van der Waals surface area contributed by atoms with Gasteiger partial charge in [-0.3, -0.25) is 9.36 Å². The highest BCUT2D eigenvalue weighted by Gasteiger charge is 2.26. The number of piperidine rings is 1. The van der Waals surface area contributed by atoms with Crippen molar-refractivity contribution in [3.05, 3.63) is 16.3 Å². The molecule has 2 fully saturated rings. The maximum absolute atomic E-state index is 12.7.